The van der Waals surface area contributed by atoms with Gasteiger partial charge in [0.2, 0.25) is 6.41 Å². The number of nitrogens with zero attached hydrogens (tertiary/aromatic N) is 2. The summed E-state index contributed by atoms with van der Waals surface area (Å²) in [6, 6.07) is 9.86. The molecule has 1 fully saturated rings. The molecule has 0 radical (unpaired) electrons. The van der Waals surface area contributed by atoms with E-state index in [1.54, 1.807) is 11.8 Å². The van der Waals surface area contributed by atoms with Crippen LogP contribution in [0.2, 0.25) is 0 Å². The predicted molar refractivity (Wildman–Crippen MR) is 90.4 cm³/mol. The Bertz CT molecular complexity index is 661. The number of para-hydroxylation sites is 1. The second kappa shape index (κ2) is 7.77. The Labute approximate surface area is 139 Å². The van der Waals surface area contributed by atoms with Gasteiger partial charge in [-0.2, -0.15) is 11.8 Å². The summed E-state index contributed by atoms with van der Waals surface area (Å²) in [7, 11) is 0. The standard InChI is InChI=1S/C17H20N2O3S/c20-12-19(21)16(17-6-3-7-22-17)11-23-10-13-8-14-4-1-2-5-15(14)18-9-13/h1-2,4-5,8-9,12,16-17,21H,3,6-7,10-11H2. The summed E-state index contributed by atoms with van der Waals surface area (Å²) in [6.45, 7) is 0.702. The van der Waals surface area contributed by atoms with Gasteiger partial charge in [-0.05, 0) is 30.5 Å². The molecule has 1 aromatic carbocycles. The van der Waals surface area contributed by atoms with Crippen molar-refractivity contribution >= 4 is 29.1 Å². The molecule has 1 saturated heterocycles. The van der Waals surface area contributed by atoms with Crippen LogP contribution in [0.25, 0.3) is 10.9 Å². The van der Waals surface area contributed by atoms with Crippen LogP contribution in [0.15, 0.2) is 36.5 Å². The van der Waals surface area contributed by atoms with E-state index in [1.165, 1.54) is 0 Å². The summed E-state index contributed by atoms with van der Waals surface area (Å²) in [5.74, 6) is 1.42. The Hall–Kier alpha value is -1.63. The van der Waals surface area contributed by atoms with Crippen molar-refractivity contribution in [1.82, 2.24) is 10.0 Å². The van der Waals surface area contributed by atoms with E-state index in [1.807, 2.05) is 30.5 Å². The van der Waals surface area contributed by atoms with Crippen LogP contribution in [0.5, 0.6) is 0 Å². The molecule has 1 amide bonds. The highest BCUT2D eigenvalue weighted by Crippen LogP contribution is 2.24. The molecule has 3 rings (SSSR count). The van der Waals surface area contributed by atoms with Gasteiger partial charge in [-0.3, -0.25) is 15.0 Å². The van der Waals surface area contributed by atoms with E-state index in [0.717, 1.165) is 40.1 Å². The predicted octanol–water partition coefficient (Wildman–Crippen LogP) is 2.86. The molecule has 0 saturated carbocycles. The molecule has 23 heavy (non-hydrogen) atoms. The van der Waals surface area contributed by atoms with E-state index in [0.29, 0.717) is 18.8 Å². The minimum atomic E-state index is -0.298. The number of thioether (sulfide) groups is 1. The van der Waals surface area contributed by atoms with Gasteiger partial charge in [0.15, 0.2) is 0 Å². The van der Waals surface area contributed by atoms with Gasteiger partial charge in [-0.25, -0.2) is 5.06 Å². The Morgan fingerprint density at radius 3 is 3.13 bits per heavy atom. The molecule has 2 unspecified atom stereocenters. The lowest BCUT2D eigenvalue weighted by molar-refractivity contribution is -0.168. The molecular weight excluding hydrogens is 312 g/mol. The number of rotatable bonds is 7. The number of hydrogen-bond acceptors (Lipinski definition) is 5. The smallest absolute Gasteiger partial charge is 0.233 e. The van der Waals surface area contributed by atoms with Crippen molar-refractivity contribution in [3.05, 3.63) is 42.1 Å². The van der Waals surface area contributed by atoms with Crippen LogP contribution >= 0.6 is 11.8 Å². The summed E-state index contributed by atoms with van der Waals surface area (Å²) >= 11 is 1.67. The summed E-state index contributed by atoms with van der Waals surface area (Å²) in [4.78, 5) is 15.3. The number of hydroxylamine groups is 2. The van der Waals surface area contributed by atoms with Crippen molar-refractivity contribution in [3.63, 3.8) is 0 Å². The fourth-order valence-corrected chi connectivity index (χ4v) is 3.95. The SMILES string of the molecule is O=CN(O)C(CSCc1cnc2ccccc2c1)C1CCCO1. The maximum atomic E-state index is 10.9. The van der Waals surface area contributed by atoms with Gasteiger partial charge in [0.25, 0.3) is 0 Å². The third-order valence-corrected chi connectivity index (χ3v) is 5.16. The van der Waals surface area contributed by atoms with Crippen molar-refractivity contribution in [3.8, 4) is 0 Å². The van der Waals surface area contributed by atoms with E-state index in [-0.39, 0.29) is 12.1 Å². The third-order valence-electron chi connectivity index (χ3n) is 4.05. The van der Waals surface area contributed by atoms with Crippen LogP contribution in [0, 0.1) is 0 Å². The minimum Gasteiger partial charge on any atom is -0.376 e. The summed E-state index contributed by atoms with van der Waals surface area (Å²) in [6.07, 6.45) is 4.13. The fraction of sp³-hybridized carbons (Fsp3) is 0.412. The van der Waals surface area contributed by atoms with E-state index < -0.39 is 0 Å². The number of pyridine rings is 1. The van der Waals surface area contributed by atoms with Gasteiger partial charge in [0, 0.05) is 29.7 Å². The van der Waals surface area contributed by atoms with Gasteiger partial charge in [0.1, 0.15) is 0 Å². The van der Waals surface area contributed by atoms with Crippen molar-refractivity contribution in [1.29, 1.82) is 0 Å². The molecule has 0 aliphatic carbocycles. The zero-order chi connectivity index (χ0) is 16.1. The van der Waals surface area contributed by atoms with Gasteiger partial charge in [0.05, 0.1) is 17.7 Å². The van der Waals surface area contributed by atoms with E-state index >= 15 is 0 Å². The van der Waals surface area contributed by atoms with Gasteiger partial charge in [-0.1, -0.05) is 18.2 Å². The van der Waals surface area contributed by atoms with Gasteiger partial charge >= 0.3 is 0 Å². The minimum absolute atomic E-state index is 0.0765. The monoisotopic (exact) mass is 332 g/mol. The van der Waals surface area contributed by atoms with Crippen LogP contribution in [0.4, 0.5) is 0 Å². The van der Waals surface area contributed by atoms with Crippen LogP contribution in [0.1, 0.15) is 18.4 Å². The first kappa shape index (κ1) is 16.2. The number of fused-ring (bicyclic) bond motifs is 1. The van der Waals surface area contributed by atoms with Gasteiger partial charge in [-0.15, -0.1) is 0 Å². The number of aromatic nitrogens is 1. The fourth-order valence-electron chi connectivity index (χ4n) is 2.83. The molecule has 2 atom stereocenters. The lowest BCUT2D eigenvalue weighted by Crippen LogP contribution is -2.42. The number of amides is 1. The normalized spacial score (nSPS) is 18.9. The molecule has 1 N–H and O–H groups in total. The largest absolute Gasteiger partial charge is 0.376 e. The zero-order valence-electron chi connectivity index (χ0n) is 12.8. The highest BCUT2D eigenvalue weighted by atomic mass is 32.2. The molecule has 1 aliphatic rings. The van der Waals surface area contributed by atoms with E-state index in [4.69, 9.17) is 4.74 Å². The molecule has 122 valence electrons. The van der Waals surface area contributed by atoms with Crippen LogP contribution in [-0.4, -0.2) is 46.2 Å². The van der Waals surface area contributed by atoms with Crippen LogP contribution < -0.4 is 0 Å². The maximum Gasteiger partial charge on any atom is 0.233 e. The third kappa shape index (κ3) is 4.02. The first-order valence-corrected chi connectivity index (χ1v) is 8.89. The second-order valence-electron chi connectivity index (χ2n) is 5.66. The second-order valence-corrected chi connectivity index (χ2v) is 6.69. The molecule has 1 aliphatic heterocycles. The molecule has 2 heterocycles. The Kier molecular flexibility index (Phi) is 5.48. The first-order chi connectivity index (χ1) is 11.3. The van der Waals surface area contributed by atoms with Crippen molar-refractivity contribution < 1.29 is 14.7 Å². The Morgan fingerprint density at radius 1 is 1.48 bits per heavy atom. The van der Waals surface area contributed by atoms with E-state index in [2.05, 4.69) is 11.1 Å². The zero-order valence-corrected chi connectivity index (χ0v) is 13.6. The molecule has 0 bridgehead atoms. The van der Waals surface area contributed by atoms with Crippen LogP contribution in [0.3, 0.4) is 0 Å². The van der Waals surface area contributed by atoms with Crippen LogP contribution in [-0.2, 0) is 15.3 Å². The number of carbonyl (C=O) groups excluding carboxylic acids is 1. The number of hydrogen-bond donors (Lipinski definition) is 1. The molecule has 5 nitrogen and oxygen atoms in total. The van der Waals surface area contributed by atoms with E-state index in [9.17, 15) is 10.0 Å². The summed E-state index contributed by atoms with van der Waals surface area (Å²) < 4.78 is 5.61. The molecule has 1 aromatic heterocycles. The molecule has 0 spiro atoms. The maximum absolute atomic E-state index is 10.9. The molecule has 6 heteroatoms. The number of benzene rings is 1. The summed E-state index contributed by atoms with van der Waals surface area (Å²) in [5, 5.41) is 11.7. The average Bonchev–Trinajstić information content (AvgIpc) is 3.12. The van der Waals surface area contributed by atoms with Crippen molar-refractivity contribution in [2.45, 2.75) is 30.7 Å². The van der Waals surface area contributed by atoms with Crippen molar-refractivity contribution in [2.75, 3.05) is 12.4 Å². The Balaban J connectivity index is 1.60. The summed E-state index contributed by atoms with van der Waals surface area (Å²) in [5.41, 5.74) is 2.12. The highest BCUT2D eigenvalue weighted by molar-refractivity contribution is 7.98. The number of carbonyl (C=O) groups is 1. The average molecular weight is 332 g/mol. The Morgan fingerprint density at radius 2 is 2.35 bits per heavy atom. The lowest BCUT2D eigenvalue weighted by Gasteiger charge is -2.27. The van der Waals surface area contributed by atoms with Gasteiger partial charge < -0.3 is 4.74 Å². The van der Waals surface area contributed by atoms with Crippen molar-refractivity contribution in [2.24, 2.45) is 0 Å². The molecule has 2 aromatic rings. The molecular formula is C17H20N2O3S. The lowest BCUT2D eigenvalue weighted by atomic mass is 10.1. The number of ether oxygens (including phenoxy) is 1. The topological polar surface area (TPSA) is 62.7 Å². The first-order valence-electron chi connectivity index (χ1n) is 7.73. The highest BCUT2D eigenvalue weighted by Gasteiger charge is 2.29. The quantitative estimate of drug-likeness (QED) is 0.480.